The van der Waals surface area contributed by atoms with Crippen LogP contribution in [0, 0.1) is 5.82 Å². The molecule has 0 atom stereocenters. The third-order valence-corrected chi connectivity index (χ3v) is 4.29. The van der Waals surface area contributed by atoms with E-state index in [2.05, 4.69) is 19.7 Å². The van der Waals surface area contributed by atoms with E-state index in [0.29, 0.717) is 5.92 Å². The zero-order valence-electron chi connectivity index (χ0n) is 11.5. The van der Waals surface area contributed by atoms with Crippen LogP contribution in [0.5, 0.6) is 0 Å². The normalized spacial score (nSPS) is 18.2. The molecule has 5 heteroatoms. The predicted molar refractivity (Wildman–Crippen MR) is 74.1 cm³/mol. The molecule has 4 rings (SSSR count). The Morgan fingerprint density at radius 2 is 2.05 bits per heavy atom. The van der Waals surface area contributed by atoms with Gasteiger partial charge in [-0.25, -0.2) is 4.39 Å². The van der Waals surface area contributed by atoms with Gasteiger partial charge in [-0.3, -0.25) is 0 Å². The van der Waals surface area contributed by atoms with Crippen LogP contribution in [0.15, 0.2) is 18.2 Å². The molecule has 0 N–H and O–H groups in total. The van der Waals surface area contributed by atoms with Crippen molar-refractivity contribution in [3.05, 3.63) is 41.0 Å². The zero-order chi connectivity index (χ0) is 13.7. The number of fused-ring (bicyclic) bond motifs is 1. The highest BCUT2D eigenvalue weighted by Crippen LogP contribution is 2.39. The Labute approximate surface area is 117 Å². The maximum Gasteiger partial charge on any atom is 0.227 e. The van der Waals surface area contributed by atoms with Crippen LogP contribution in [0.25, 0.3) is 0 Å². The van der Waals surface area contributed by atoms with Crippen molar-refractivity contribution >= 4 is 5.95 Å². The lowest BCUT2D eigenvalue weighted by molar-refractivity contribution is 0.616. The quantitative estimate of drug-likeness (QED) is 0.842. The first-order chi connectivity index (χ1) is 9.72. The molecule has 1 aliphatic heterocycles. The van der Waals surface area contributed by atoms with Crippen LogP contribution in [0.3, 0.4) is 0 Å². The summed E-state index contributed by atoms with van der Waals surface area (Å²) in [5.41, 5.74) is 2.31. The number of rotatable bonds is 2. The minimum absolute atomic E-state index is 0.146. The topological polar surface area (TPSA) is 34.0 Å². The molecule has 0 spiro atoms. The summed E-state index contributed by atoms with van der Waals surface area (Å²) in [4.78, 5) is 2.24. The van der Waals surface area contributed by atoms with Crippen molar-refractivity contribution in [1.82, 2.24) is 14.8 Å². The molecule has 4 nitrogen and oxygen atoms in total. The fourth-order valence-electron chi connectivity index (χ4n) is 3.00. The third-order valence-electron chi connectivity index (χ3n) is 4.29. The van der Waals surface area contributed by atoms with E-state index in [4.69, 9.17) is 0 Å². The van der Waals surface area contributed by atoms with Gasteiger partial charge in [-0.1, -0.05) is 6.07 Å². The van der Waals surface area contributed by atoms with Crippen LogP contribution >= 0.6 is 0 Å². The van der Waals surface area contributed by atoms with Crippen molar-refractivity contribution in [2.45, 2.75) is 31.7 Å². The molecular weight excluding hydrogens is 255 g/mol. The monoisotopic (exact) mass is 272 g/mol. The van der Waals surface area contributed by atoms with Gasteiger partial charge in [0.05, 0.1) is 0 Å². The number of hydrogen-bond donors (Lipinski definition) is 0. The Morgan fingerprint density at radius 3 is 2.85 bits per heavy atom. The van der Waals surface area contributed by atoms with Gasteiger partial charge < -0.3 is 9.47 Å². The summed E-state index contributed by atoms with van der Waals surface area (Å²) in [6.07, 6.45) is 3.32. The summed E-state index contributed by atoms with van der Waals surface area (Å²) in [6, 6.07) is 5.07. The molecule has 104 valence electrons. The second kappa shape index (κ2) is 4.30. The highest BCUT2D eigenvalue weighted by atomic mass is 19.1. The first-order valence-corrected chi connectivity index (χ1v) is 7.14. The molecule has 0 bridgehead atoms. The Morgan fingerprint density at radius 1 is 1.20 bits per heavy atom. The highest BCUT2D eigenvalue weighted by molar-refractivity contribution is 5.41. The van der Waals surface area contributed by atoms with Crippen molar-refractivity contribution in [2.24, 2.45) is 7.05 Å². The van der Waals surface area contributed by atoms with Crippen LogP contribution in [0.4, 0.5) is 10.3 Å². The molecule has 0 radical (unpaired) electrons. The number of anilines is 1. The van der Waals surface area contributed by atoms with E-state index in [1.807, 2.05) is 13.1 Å². The molecule has 0 saturated heterocycles. The lowest BCUT2D eigenvalue weighted by atomic mass is 10.00. The summed E-state index contributed by atoms with van der Waals surface area (Å²) in [6.45, 7) is 1.65. The van der Waals surface area contributed by atoms with E-state index >= 15 is 0 Å². The van der Waals surface area contributed by atoms with E-state index in [1.165, 1.54) is 24.5 Å². The summed E-state index contributed by atoms with van der Waals surface area (Å²) in [7, 11) is 2.04. The first kappa shape index (κ1) is 11.9. The molecule has 1 aliphatic carbocycles. The second-order valence-corrected chi connectivity index (χ2v) is 5.78. The molecule has 2 heterocycles. The summed E-state index contributed by atoms with van der Waals surface area (Å²) in [5, 5.41) is 8.69. The van der Waals surface area contributed by atoms with Gasteiger partial charge in [0.2, 0.25) is 5.95 Å². The summed E-state index contributed by atoms with van der Waals surface area (Å²) >= 11 is 0. The van der Waals surface area contributed by atoms with E-state index in [-0.39, 0.29) is 5.82 Å². The highest BCUT2D eigenvalue weighted by Gasteiger charge is 2.30. The average molecular weight is 272 g/mol. The van der Waals surface area contributed by atoms with Crippen molar-refractivity contribution in [3.8, 4) is 0 Å². The molecule has 1 fully saturated rings. The zero-order valence-corrected chi connectivity index (χ0v) is 11.5. The number of benzene rings is 1. The summed E-state index contributed by atoms with van der Waals surface area (Å²) in [5.74, 6) is 2.49. The lowest BCUT2D eigenvalue weighted by Crippen LogP contribution is -2.32. The van der Waals surface area contributed by atoms with E-state index in [1.54, 1.807) is 6.07 Å². The van der Waals surface area contributed by atoms with Crippen LogP contribution in [0.2, 0.25) is 0 Å². The van der Waals surface area contributed by atoms with Crippen molar-refractivity contribution in [1.29, 1.82) is 0 Å². The van der Waals surface area contributed by atoms with Gasteiger partial charge in [-0.2, -0.15) is 0 Å². The molecule has 1 aromatic heterocycles. The van der Waals surface area contributed by atoms with Gasteiger partial charge in [0, 0.05) is 26.1 Å². The predicted octanol–water partition coefficient (Wildman–Crippen LogP) is 2.39. The van der Waals surface area contributed by atoms with E-state index in [0.717, 1.165) is 36.8 Å². The maximum absolute atomic E-state index is 13.2. The molecule has 2 aromatic rings. The smallest absolute Gasteiger partial charge is 0.227 e. The number of hydrogen-bond acceptors (Lipinski definition) is 3. The molecule has 1 aromatic carbocycles. The minimum atomic E-state index is -0.146. The van der Waals surface area contributed by atoms with Gasteiger partial charge in [-0.15, -0.1) is 10.2 Å². The lowest BCUT2D eigenvalue weighted by Gasteiger charge is -2.29. The molecule has 1 saturated carbocycles. The Hall–Kier alpha value is -1.91. The van der Waals surface area contributed by atoms with Gasteiger partial charge in [0.1, 0.15) is 11.6 Å². The van der Waals surface area contributed by atoms with E-state index in [9.17, 15) is 4.39 Å². The van der Waals surface area contributed by atoms with Gasteiger partial charge in [0.25, 0.3) is 0 Å². The number of halogens is 1. The Balaban J connectivity index is 1.63. The molecule has 20 heavy (non-hydrogen) atoms. The van der Waals surface area contributed by atoms with Crippen LogP contribution in [-0.2, 0) is 20.0 Å². The van der Waals surface area contributed by atoms with Gasteiger partial charge in [-0.05, 0) is 42.5 Å². The Bertz CT molecular complexity index is 660. The van der Waals surface area contributed by atoms with Crippen molar-refractivity contribution in [2.75, 3.05) is 11.4 Å². The molecule has 0 amide bonds. The van der Waals surface area contributed by atoms with Crippen LogP contribution in [0.1, 0.15) is 35.7 Å². The largest absolute Gasteiger partial charge is 0.336 e. The fourth-order valence-corrected chi connectivity index (χ4v) is 3.00. The van der Waals surface area contributed by atoms with E-state index < -0.39 is 0 Å². The van der Waals surface area contributed by atoms with Crippen LogP contribution < -0.4 is 4.90 Å². The standard InChI is InChI=1S/C15H17FN4/c1-19-14(10-2-3-10)17-18-15(19)20-7-6-11-8-13(16)5-4-12(11)9-20/h4-5,8,10H,2-3,6-7,9H2,1H3. The SMILES string of the molecule is Cn1c(C2CC2)nnc1N1CCc2cc(F)ccc2C1. The van der Waals surface area contributed by atoms with Crippen molar-refractivity contribution < 1.29 is 4.39 Å². The third kappa shape index (κ3) is 1.88. The van der Waals surface area contributed by atoms with Gasteiger partial charge in [0.15, 0.2) is 0 Å². The second-order valence-electron chi connectivity index (χ2n) is 5.78. The molecule has 2 aliphatic rings. The van der Waals surface area contributed by atoms with Crippen LogP contribution in [-0.4, -0.2) is 21.3 Å². The molecule has 0 unspecified atom stereocenters. The fraction of sp³-hybridized carbons (Fsp3) is 0.467. The van der Waals surface area contributed by atoms with Gasteiger partial charge >= 0.3 is 0 Å². The number of aromatic nitrogens is 3. The first-order valence-electron chi connectivity index (χ1n) is 7.14. The summed E-state index contributed by atoms with van der Waals surface area (Å²) < 4.78 is 15.4. The molecular formula is C15H17FN4. The average Bonchev–Trinajstić information content (AvgIpc) is 3.22. The minimum Gasteiger partial charge on any atom is -0.336 e. The van der Waals surface area contributed by atoms with Crippen molar-refractivity contribution in [3.63, 3.8) is 0 Å². The maximum atomic E-state index is 13.2. The number of nitrogens with zero attached hydrogens (tertiary/aromatic N) is 4. The Kier molecular flexibility index (Phi) is 2.55.